The third kappa shape index (κ3) is 3.96. The van der Waals surface area contributed by atoms with Crippen molar-refractivity contribution in [1.82, 2.24) is 9.97 Å². The summed E-state index contributed by atoms with van der Waals surface area (Å²) >= 11 is 0. The molecule has 0 fully saturated rings. The van der Waals surface area contributed by atoms with Crippen molar-refractivity contribution < 1.29 is 29.8 Å². The van der Waals surface area contributed by atoms with Gasteiger partial charge in [0.2, 0.25) is 0 Å². The van der Waals surface area contributed by atoms with E-state index in [2.05, 4.69) is 9.97 Å². The molecule has 1 aliphatic rings. The van der Waals surface area contributed by atoms with Gasteiger partial charge in [-0.3, -0.25) is 14.5 Å². The summed E-state index contributed by atoms with van der Waals surface area (Å²) in [6.07, 6.45) is -5.23. The Morgan fingerprint density at radius 3 is 2.80 bits per heavy atom. The average Bonchev–Trinajstić information content (AvgIpc) is 3.11. The first-order chi connectivity index (χ1) is 18.7. The van der Waals surface area contributed by atoms with Crippen LogP contribution in [-0.4, -0.2) is 32.4 Å². The third-order valence-corrected chi connectivity index (χ3v) is 4.83. The maximum Gasteiger partial charge on any atom is 0.260 e. The number of nitrogens with zero attached hydrogens (tertiary/aromatic N) is 3. The molecule has 1 N–H and O–H groups in total. The van der Waals surface area contributed by atoms with E-state index in [1.54, 1.807) is 24.3 Å². The van der Waals surface area contributed by atoms with Gasteiger partial charge in [0.1, 0.15) is 11.6 Å². The Kier molecular flexibility index (Phi) is 2.73. The lowest BCUT2D eigenvalue weighted by molar-refractivity contribution is -0.120. The summed E-state index contributed by atoms with van der Waals surface area (Å²) in [7, 11) is 0. The van der Waals surface area contributed by atoms with E-state index in [1.165, 1.54) is 29.2 Å². The van der Waals surface area contributed by atoms with Crippen LogP contribution in [0.25, 0.3) is 11.0 Å². The van der Waals surface area contributed by atoms with Crippen molar-refractivity contribution in [2.24, 2.45) is 0 Å². The van der Waals surface area contributed by atoms with Gasteiger partial charge in [-0.25, -0.2) is 9.97 Å². The topological polar surface area (TPSA) is 83.4 Å². The fraction of sp³-hybridized carbons (Fsp3) is 0.333. The van der Waals surface area contributed by atoms with Crippen molar-refractivity contribution in [3.63, 3.8) is 0 Å². The number of carbonyl (C=O) groups is 2. The molecule has 0 saturated heterocycles. The molecule has 1 atom stereocenters. The van der Waals surface area contributed by atoms with E-state index in [4.69, 9.17) is 15.1 Å². The molecule has 0 unspecified atom stereocenters. The van der Waals surface area contributed by atoms with Crippen molar-refractivity contribution >= 4 is 28.5 Å². The van der Waals surface area contributed by atoms with Crippen molar-refractivity contribution in [2.45, 2.75) is 51.4 Å². The molecule has 154 valence electrons. The first-order valence-electron chi connectivity index (χ1n) is 14.6. The highest BCUT2D eigenvalue weighted by atomic mass is 16.3. The lowest BCUT2D eigenvalue weighted by Gasteiger charge is -2.25. The monoisotopic (exact) mass is 414 g/mol. The number of carbonyl (C=O) groups excluding carboxylic acids is 2. The van der Waals surface area contributed by atoms with Gasteiger partial charge in [-0.15, -0.1) is 0 Å². The van der Waals surface area contributed by atoms with E-state index < -0.39 is 63.1 Å². The van der Waals surface area contributed by atoms with E-state index in [0.29, 0.717) is 10.9 Å². The van der Waals surface area contributed by atoms with Gasteiger partial charge < -0.3 is 5.11 Å². The quantitative estimate of drug-likeness (QED) is 0.655. The second kappa shape index (κ2) is 7.61. The molecule has 0 spiro atoms. The largest absolute Gasteiger partial charge is 0.390 e. The molecule has 6 heteroatoms. The highest BCUT2D eigenvalue weighted by Gasteiger charge is 2.39. The first kappa shape index (κ1) is 10.8. The molecule has 1 aromatic carbocycles. The van der Waals surface area contributed by atoms with Crippen LogP contribution < -0.4 is 4.90 Å². The van der Waals surface area contributed by atoms with Crippen LogP contribution in [0.4, 0.5) is 5.82 Å². The zero-order chi connectivity index (χ0) is 30.8. The fourth-order valence-electron chi connectivity index (χ4n) is 3.50. The van der Waals surface area contributed by atoms with Gasteiger partial charge in [0.05, 0.1) is 11.6 Å². The summed E-state index contributed by atoms with van der Waals surface area (Å²) in [5.41, 5.74) is -3.42. The highest BCUT2D eigenvalue weighted by Crippen LogP contribution is 2.39. The number of aromatic nitrogens is 2. The van der Waals surface area contributed by atoms with Gasteiger partial charge >= 0.3 is 0 Å². The summed E-state index contributed by atoms with van der Waals surface area (Å²) in [4.78, 5) is 36.3. The number of hydrogen-bond donors (Lipinski definition) is 1. The Balaban J connectivity index is 1.72. The molecule has 0 saturated carbocycles. The van der Waals surface area contributed by atoms with Crippen molar-refractivity contribution in [2.75, 3.05) is 4.90 Å². The van der Waals surface area contributed by atoms with Crippen molar-refractivity contribution in [3.05, 3.63) is 65.4 Å². The zero-order valence-corrected chi connectivity index (χ0v) is 15.7. The Labute approximate surface area is 191 Å². The number of hydrogen-bond acceptors (Lipinski definition) is 5. The number of pyridine rings is 2. The van der Waals surface area contributed by atoms with E-state index in [1.807, 2.05) is 0 Å². The van der Waals surface area contributed by atoms with Crippen LogP contribution in [-0.2, 0) is 4.79 Å². The molecule has 30 heavy (non-hydrogen) atoms. The number of amides is 1. The Morgan fingerprint density at radius 2 is 2.00 bits per heavy atom. The maximum absolute atomic E-state index is 13.5. The number of fused-ring (bicyclic) bond motifs is 2. The van der Waals surface area contributed by atoms with Gasteiger partial charge in [0.25, 0.3) is 5.91 Å². The minimum absolute atomic E-state index is 0.0243. The summed E-state index contributed by atoms with van der Waals surface area (Å²) < 4.78 is 84.3. The standard InChI is InChI=1S/C24H25N3O3/c1-15-8-9-16-10-11-21(26-22(16)25-15)27-20(14-17(28)12-13-24(2,3)30)18-6-4-5-7-19(18)23(27)29/h4-11,20,30H,12-14H2,1-3H3/t20-/m0/s1/i1D3,2D3,3D3,13D2. The number of aryl methyl sites for hydroxylation is 1. The highest BCUT2D eigenvalue weighted by molar-refractivity contribution is 6.11. The van der Waals surface area contributed by atoms with Crippen LogP contribution in [0.5, 0.6) is 0 Å². The van der Waals surface area contributed by atoms with Gasteiger partial charge in [-0.2, -0.15) is 0 Å². The SMILES string of the molecule is [2H]C([2H])([2H])c1ccc2ccc(N3C(=O)c4ccccc4[C@@H]3CC(=O)CC([2H])([2H])C(O)(C([2H])([2H])[2H])C([2H])([2H])[2H])nc2n1. The van der Waals surface area contributed by atoms with Gasteiger partial charge in [0.15, 0.2) is 5.65 Å². The number of anilines is 1. The summed E-state index contributed by atoms with van der Waals surface area (Å²) in [6, 6.07) is 11.1. The van der Waals surface area contributed by atoms with E-state index in [-0.39, 0.29) is 22.7 Å². The van der Waals surface area contributed by atoms with E-state index in [9.17, 15) is 14.7 Å². The van der Waals surface area contributed by atoms with Crippen LogP contribution in [0, 0.1) is 6.85 Å². The molecule has 0 aliphatic carbocycles. The minimum atomic E-state index is -3.85. The predicted molar refractivity (Wildman–Crippen MR) is 115 cm³/mol. The Morgan fingerprint density at radius 1 is 1.20 bits per heavy atom. The van der Waals surface area contributed by atoms with Crippen LogP contribution in [0.2, 0.25) is 0 Å². The number of rotatable bonds is 6. The molecular formula is C24H25N3O3. The normalized spacial score (nSPS) is 23.4. The molecule has 2 aromatic heterocycles. The van der Waals surface area contributed by atoms with Gasteiger partial charge in [0, 0.05) is 44.6 Å². The van der Waals surface area contributed by atoms with Crippen molar-refractivity contribution in [3.8, 4) is 0 Å². The smallest absolute Gasteiger partial charge is 0.260 e. The number of ketones is 1. The van der Waals surface area contributed by atoms with E-state index in [0.717, 1.165) is 0 Å². The Bertz CT molecular complexity index is 1500. The molecule has 0 radical (unpaired) electrons. The molecule has 6 nitrogen and oxygen atoms in total. The molecular weight excluding hydrogens is 378 g/mol. The molecule has 0 bridgehead atoms. The van der Waals surface area contributed by atoms with Crippen LogP contribution in [0.3, 0.4) is 0 Å². The zero-order valence-electron chi connectivity index (χ0n) is 26.7. The molecule has 3 heterocycles. The maximum atomic E-state index is 13.5. The third-order valence-electron chi connectivity index (χ3n) is 4.83. The van der Waals surface area contributed by atoms with E-state index >= 15 is 0 Å². The fourth-order valence-corrected chi connectivity index (χ4v) is 3.50. The minimum Gasteiger partial charge on any atom is -0.390 e. The lowest BCUT2D eigenvalue weighted by Crippen LogP contribution is -2.30. The Hall–Kier alpha value is -3.12. The van der Waals surface area contributed by atoms with Gasteiger partial charge in [-0.05, 0) is 62.8 Å². The number of benzene rings is 1. The number of aliphatic hydroxyl groups is 1. The number of Topliss-reactive ketones (excluding diaryl/α,β-unsaturated/α-hetero) is 1. The summed E-state index contributed by atoms with van der Waals surface area (Å²) in [5, 5.41) is 11.1. The molecule has 1 aliphatic heterocycles. The van der Waals surface area contributed by atoms with Gasteiger partial charge in [-0.1, -0.05) is 18.2 Å². The summed E-state index contributed by atoms with van der Waals surface area (Å²) in [6.45, 7) is -9.90. The van der Waals surface area contributed by atoms with Crippen LogP contribution in [0.1, 0.15) is 75.7 Å². The lowest BCUT2D eigenvalue weighted by atomic mass is 9.95. The second-order valence-corrected chi connectivity index (χ2v) is 7.00. The summed E-state index contributed by atoms with van der Waals surface area (Å²) in [5.74, 6) is -1.48. The molecule has 3 aromatic rings. The van der Waals surface area contributed by atoms with Crippen molar-refractivity contribution in [1.29, 1.82) is 0 Å². The van der Waals surface area contributed by atoms with Crippen LogP contribution in [0.15, 0.2) is 48.5 Å². The molecule has 1 amide bonds. The van der Waals surface area contributed by atoms with Crippen LogP contribution >= 0.6 is 0 Å². The second-order valence-electron chi connectivity index (χ2n) is 7.00. The first-order valence-corrected chi connectivity index (χ1v) is 9.14. The predicted octanol–water partition coefficient (Wildman–Crippen LogP) is 4.15. The molecule has 4 rings (SSSR count). The average molecular weight is 415 g/mol.